The van der Waals surface area contributed by atoms with Gasteiger partial charge < -0.3 is 20.1 Å². The van der Waals surface area contributed by atoms with E-state index < -0.39 is 12.1 Å². The number of anilines is 2. The summed E-state index contributed by atoms with van der Waals surface area (Å²) in [6, 6.07) is 16.0. The van der Waals surface area contributed by atoms with Gasteiger partial charge in [0.1, 0.15) is 6.61 Å². The Morgan fingerprint density at radius 2 is 1.97 bits per heavy atom. The summed E-state index contributed by atoms with van der Waals surface area (Å²) in [6.07, 6.45) is -0.775. The fourth-order valence-corrected chi connectivity index (χ4v) is 3.34. The maximum absolute atomic E-state index is 12.2. The molecule has 2 heterocycles. The number of carboxylic acid groups (broad SMARTS) is 1. The van der Waals surface area contributed by atoms with Crippen LogP contribution in [0.2, 0.25) is 0 Å². The van der Waals surface area contributed by atoms with Crippen LogP contribution in [-0.4, -0.2) is 47.7 Å². The van der Waals surface area contributed by atoms with Gasteiger partial charge in [-0.05, 0) is 23.8 Å². The van der Waals surface area contributed by atoms with Gasteiger partial charge in [-0.1, -0.05) is 36.4 Å². The second kappa shape index (κ2) is 8.70. The molecule has 1 aliphatic heterocycles. The van der Waals surface area contributed by atoms with E-state index in [2.05, 4.69) is 15.6 Å². The molecule has 158 valence electrons. The Labute approximate surface area is 177 Å². The predicted molar refractivity (Wildman–Crippen MR) is 114 cm³/mol. The smallest absolute Gasteiger partial charge is 0.412 e. The Kier molecular flexibility index (Phi) is 5.65. The highest BCUT2D eigenvalue weighted by molar-refractivity contribution is 6.01. The maximum Gasteiger partial charge on any atom is 0.412 e. The summed E-state index contributed by atoms with van der Waals surface area (Å²) >= 11 is 0. The molecule has 31 heavy (non-hydrogen) atoms. The summed E-state index contributed by atoms with van der Waals surface area (Å²) in [6.45, 7) is 1.47. The van der Waals surface area contributed by atoms with Gasteiger partial charge in [-0.2, -0.15) is 0 Å². The van der Waals surface area contributed by atoms with Gasteiger partial charge in [0.15, 0.2) is 5.69 Å². The highest BCUT2D eigenvalue weighted by Crippen LogP contribution is 2.26. The largest absolute Gasteiger partial charge is 0.476 e. The molecule has 4 rings (SSSR count). The summed E-state index contributed by atoms with van der Waals surface area (Å²) in [5.41, 5.74) is 1.78. The third-order valence-corrected chi connectivity index (χ3v) is 4.86. The van der Waals surface area contributed by atoms with Crippen molar-refractivity contribution < 1.29 is 24.2 Å². The van der Waals surface area contributed by atoms with Crippen molar-refractivity contribution in [1.82, 2.24) is 10.3 Å². The van der Waals surface area contributed by atoms with Crippen LogP contribution in [0.15, 0.2) is 54.6 Å². The van der Waals surface area contributed by atoms with Gasteiger partial charge >= 0.3 is 12.1 Å². The molecule has 1 aromatic heterocycles. The molecule has 1 aliphatic rings. The standard InChI is InChI=1S/C22H20N4O5/c27-19-12-26(9-8-23-19)16-7-6-15-10-18(20(21(28)29)24-17(15)11-16)25-22(30)31-13-14-4-2-1-3-5-14/h1-7,10-11H,8-9,12-13H2,(H,23,27)(H,25,30)(H,28,29). The summed E-state index contributed by atoms with van der Waals surface area (Å²) in [5, 5.41) is 15.5. The lowest BCUT2D eigenvalue weighted by atomic mass is 10.1. The SMILES string of the molecule is O=C1CN(c2ccc3cc(NC(=O)OCc4ccccc4)c(C(=O)O)nc3c2)CCN1. The Bertz CT molecular complexity index is 1150. The number of pyridine rings is 1. The van der Waals surface area contributed by atoms with Crippen molar-refractivity contribution in [3.8, 4) is 0 Å². The molecule has 0 spiro atoms. The number of rotatable bonds is 5. The molecule has 0 aliphatic carbocycles. The molecule has 1 fully saturated rings. The Morgan fingerprint density at radius 1 is 1.16 bits per heavy atom. The van der Waals surface area contributed by atoms with Gasteiger partial charge in [-0.25, -0.2) is 14.6 Å². The van der Waals surface area contributed by atoms with Gasteiger partial charge in [0.25, 0.3) is 0 Å². The van der Waals surface area contributed by atoms with Crippen molar-refractivity contribution in [2.75, 3.05) is 29.9 Å². The average molecular weight is 420 g/mol. The van der Waals surface area contributed by atoms with E-state index in [4.69, 9.17) is 4.74 Å². The van der Waals surface area contributed by atoms with Crippen LogP contribution in [0.5, 0.6) is 0 Å². The predicted octanol–water partition coefficient (Wildman–Crippen LogP) is 2.62. The first kappa shape index (κ1) is 20.1. The number of nitrogens with zero attached hydrogens (tertiary/aromatic N) is 2. The minimum atomic E-state index is -1.27. The van der Waals surface area contributed by atoms with Crippen molar-refractivity contribution in [2.45, 2.75) is 6.61 Å². The summed E-state index contributed by atoms with van der Waals surface area (Å²) in [5.74, 6) is -1.35. The molecule has 0 unspecified atom stereocenters. The van der Waals surface area contributed by atoms with Crippen molar-refractivity contribution in [3.05, 3.63) is 65.9 Å². The van der Waals surface area contributed by atoms with Crippen LogP contribution in [0.4, 0.5) is 16.2 Å². The monoisotopic (exact) mass is 420 g/mol. The van der Waals surface area contributed by atoms with Crippen LogP contribution in [0.3, 0.4) is 0 Å². The van der Waals surface area contributed by atoms with Crippen LogP contribution in [0.25, 0.3) is 10.9 Å². The van der Waals surface area contributed by atoms with Gasteiger partial charge in [0.2, 0.25) is 5.91 Å². The second-order valence-corrected chi connectivity index (χ2v) is 7.02. The minimum Gasteiger partial charge on any atom is -0.476 e. The number of carbonyl (C=O) groups excluding carboxylic acids is 2. The van der Waals surface area contributed by atoms with Crippen molar-refractivity contribution in [2.24, 2.45) is 0 Å². The molecular formula is C22H20N4O5. The normalized spacial score (nSPS) is 13.5. The Balaban J connectivity index is 1.56. The number of carbonyl (C=O) groups is 3. The summed E-state index contributed by atoms with van der Waals surface area (Å²) in [7, 11) is 0. The second-order valence-electron chi connectivity index (χ2n) is 7.02. The zero-order valence-corrected chi connectivity index (χ0v) is 16.5. The fraction of sp³-hybridized carbons (Fsp3) is 0.182. The van der Waals surface area contributed by atoms with E-state index in [1.165, 1.54) is 0 Å². The number of amides is 2. The third kappa shape index (κ3) is 4.72. The maximum atomic E-state index is 12.2. The van der Waals surface area contributed by atoms with Crippen molar-refractivity contribution >= 4 is 40.2 Å². The van der Waals surface area contributed by atoms with Crippen molar-refractivity contribution in [1.29, 1.82) is 0 Å². The van der Waals surface area contributed by atoms with E-state index in [0.29, 0.717) is 24.0 Å². The van der Waals surface area contributed by atoms with E-state index in [1.807, 2.05) is 41.3 Å². The first-order chi connectivity index (χ1) is 15.0. The number of hydrogen-bond acceptors (Lipinski definition) is 6. The quantitative estimate of drug-likeness (QED) is 0.580. The lowest BCUT2D eigenvalue weighted by Gasteiger charge is -2.28. The van der Waals surface area contributed by atoms with Gasteiger partial charge in [0.05, 0.1) is 17.7 Å². The number of hydrogen-bond donors (Lipinski definition) is 3. The molecule has 9 heteroatoms. The highest BCUT2D eigenvalue weighted by atomic mass is 16.5. The van der Waals surface area contributed by atoms with Crippen LogP contribution >= 0.6 is 0 Å². The van der Waals surface area contributed by atoms with E-state index in [1.54, 1.807) is 18.2 Å². The molecular weight excluding hydrogens is 400 g/mol. The fourth-order valence-electron chi connectivity index (χ4n) is 3.34. The van der Waals surface area contributed by atoms with Gasteiger partial charge in [-0.3, -0.25) is 10.1 Å². The average Bonchev–Trinajstić information content (AvgIpc) is 2.77. The Hall–Kier alpha value is -4.14. The van der Waals surface area contributed by atoms with E-state index in [9.17, 15) is 19.5 Å². The lowest BCUT2D eigenvalue weighted by Crippen LogP contribution is -2.47. The molecule has 3 N–H and O–H groups in total. The molecule has 3 aromatic rings. The van der Waals surface area contributed by atoms with E-state index >= 15 is 0 Å². The van der Waals surface area contributed by atoms with Gasteiger partial charge in [-0.15, -0.1) is 0 Å². The number of ether oxygens (including phenoxy) is 1. The minimum absolute atomic E-state index is 0.0446. The van der Waals surface area contributed by atoms with Crippen LogP contribution < -0.4 is 15.5 Å². The summed E-state index contributed by atoms with van der Waals surface area (Å²) < 4.78 is 5.17. The summed E-state index contributed by atoms with van der Waals surface area (Å²) in [4.78, 5) is 41.7. The van der Waals surface area contributed by atoms with Crippen LogP contribution in [0.1, 0.15) is 16.1 Å². The first-order valence-electron chi connectivity index (χ1n) is 9.67. The number of aromatic nitrogens is 1. The zero-order valence-electron chi connectivity index (χ0n) is 16.5. The molecule has 1 saturated heterocycles. The number of fused-ring (bicyclic) bond motifs is 1. The number of aromatic carboxylic acids is 1. The first-order valence-corrected chi connectivity index (χ1v) is 9.67. The number of nitrogens with one attached hydrogen (secondary N) is 2. The van der Waals surface area contributed by atoms with Crippen molar-refractivity contribution in [3.63, 3.8) is 0 Å². The van der Waals surface area contributed by atoms with Gasteiger partial charge in [0, 0.05) is 24.2 Å². The molecule has 0 atom stereocenters. The number of benzene rings is 2. The topological polar surface area (TPSA) is 121 Å². The number of piperazine rings is 1. The molecule has 2 aromatic carbocycles. The van der Waals surface area contributed by atoms with Crippen LogP contribution in [0, 0.1) is 0 Å². The van der Waals surface area contributed by atoms with E-state index in [0.717, 1.165) is 11.3 Å². The molecule has 0 bridgehead atoms. The van der Waals surface area contributed by atoms with Crippen LogP contribution in [-0.2, 0) is 16.1 Å². The van der Waals surface area contributed by atoms with E-state index in [-0.39, 0.29) is 30.4 Å². The lowest BCUT2D eigenvalue weighted by molar-refractivity contribution is -0.120. The molecule has 0 radical (unpaired) electrons. The molecule has 2 amide bonds. The number of carboxylic acids is 1. The zero-order chi connectivity index (χ0) is 21.8. The third-order valence-electron chi connectivity index (χ3n) is 4.86. The molecule has 9 nitrogen and oxygen atoms in total. The highest BCUT2D eigenvalue weighted by Gasteiger charge is 2.19. The molecule has 0 saturated carbocycles. The Morgan fingerprint density at radius 3 is 2.71 bits per heavy atom.